The predicted octanol–water partition coefficient (Wildman–Crippen LogP) is 2.48. The van der Waals surface area contributed by atoms with Crippen molar-refractivity contribution in [2.75, 3.05) is 13.3 Å². The van der Waals surface area contributed by atoms with Crippen molar-refractivity contribution in [1.29, 1.82) is 0 Å². The number of aryl methyl sites for hydroxylation is 1. The smallest absolute Gasteiger partial charge is 0.0972 e. The normalized spacial score (nSPS) is 11.8. The summed E-state index contributed by atoms with van der Waals surface area (Å²) < 4.78 is 5.62. The molecule has 0 saturated heterocycles. The molecule has 0 spiro atoms. The SMILES string of the molecule is Cc1nn(-c2ccccc2)nc1CCNCOC(C)(C)C. The first-order chi connectivity index (χ1) is 9.96. The maximum Gasteiger partial charge on any atom is 0.0972 e. The highest BCUT2D eigenvalue weighted by Gasteiger charge is 2.10. The van der Waals surface area contributed by atoms with Gasteiger partial charge in [-0.2, -0.15) is 15.0 Å². The van der Waals surface area contributed by atoms with Crippen LogP contribution in [-0.4, -0.2) is 33.9 Å². The summed E-state index contributed by atoms with van der Waals surface area (Å²) in [5.74, 6) is 0. The van der Waals surface area contributed by atoms with Crippen molar-refractivity contribution in [3.8, 4) is 5.69 Å². The molecule has 0 aliphatic carbocycles. The summed E-state index contributed by atoms with van der Waals surface area (Å²) in [6, 6.07) is 9.95. The Balaban J connectivity index is 1.86. The Labute approximate surface area is 126 Å². The Hall–Kier alpha value is -1.72. The highest BCUT2D eigenvalue weighted by Crippen LogP contribution is 2.08. The van der Waals surface area contributed by atoms with Gasteiger partial charge in [0.05, 0.1) is 29.4 Å². The van der Waals surface area contributed by atoms with Crippen molar-refractivity contribution < 1.29 is 4.74 Å². The molecule has 1 aromatic heterocycles. The first-order valence-corrected chi connectivity index (χ1v) is 7.28. The van der Waals surface area contributed by atoms with Gasteiger partial charge in [0.2, 0.25) is 0 Å². The molecule has 0 bridgehead atoms. The Morgan fingerprint density at radius 2 is 1.86 bits per heavy atom. The summed E-state index contributed by atoms with van der Waals surface area (Å²) in [4.78, 5) is 1.69. The summed E-state index contributed by atoms with van der Waals surface area (Å²) in [7, 11) is 0. The minimum atomic E-state index is -0.112. The van der Waals surface area contributed by atoms with E-state index < -0.39 is 0 Å². The molecule has 0 fully saturated rings. The van der Waals surface area contributed by atoms with Crippen LogP contribution in [-0.2, 0) is 11.2 Å². The second-order valence-electron chi connectivity index (χ2n) is 6.01. The lowest BCUT2D eigenvalue weighted by Gasteiger charge is -2.19. The lowest BCUT2D eigenvalue weighted by molar-refractivity contribution is -0.0128. The van der Waals surface area contributed by atoms with Gasteiger partial charge in [-0.05, 0) is 39.8 Å². The predicted molar refractivity (Wildman–Crippen MR) is 83.5 cm³/mol. The Bertz CT molecular complexity index is 557. The van der Waals surface area contributed by atoms with E-state index in [1.807, 2.05) is 58.0 Å². The molecular formula is C16H24N4O. The quantitative estimate of drug-likeness (QED) is 0.655. The molecule has 114 valence electrons. The van der Waals surface area contributed by atoms with E-state index in [0.717, 1.165) is 30.0 Å². The number of ether oxygens (including phenoxy) is 1. The van der Waals surface area contributed by atoms with Crippen molar-refractivity contribution in [3.63, 3.8) is 0 Å². The molecule has 1 N–H and O–H groups in total. The van der Waals surface area contributed by atoms with Crippen molar-refractivity contribution >= 4 is 0 Å². The van der Waals surface area contributed by atoms with E-state index in [9.17, 15) is 0 Å². The van der Waals surface area contributed by atoms with Gasteiger partial charge in [0.25, 0.3) is 0 Å². The fourth-order valence-electron chi connectivity index (χ4n) is 1.86. The zero-order chi connectivity index (χ0) is 15.3. The van der Waals surface area contributed by atoms with Crippen molar-refractivity contribution in [1.82, 2.24) is 20.3 Å². The Kier molecular flexibility index (Phi) is 5.09. The summed E-state index contributed by atoms with van der Waals surface area (Å²) >= 11 is 0. The maximum absolute atomic E-state index is 5.62. The van der Waals surface area contributed by atoms with Crippen LogP contribution in [0.1, 0.15) is 32.2 Å². The van der Waals surface area contributed by atoms with Gasteiger partial charge in [-0.1, -0.05) is 18.2 Å². The maximum atomic E-state index is 5.62. The molecular weight excluding hydrogens is 264 g/mol. The van der Waals surface area contributed by atoms with Gasteiger partial charge in [-0.3, -0.25) is 5.32 Å². The number of hydrogen-bond donors (Lipinski definition) is 1. The van der Waals surface area contributed by atoms with Gasteiger partial charge in [-0.15, -0.1) is 0 Å². The van der Waals surface area contributed by atoms with Gasteiger partial charge in [0.1, 0.15) is 0 Å². The topological polar surface area (TPSA) is 52.0 Å². The lowest BCUT2D eigenvalue weighted by atomic mass is 10.2. The van der Waals surface area contributed by atoms with Crippen LogP contribution in [0.2, 0.25) is 0 Å². The average Bonchev–Trinajstić information content (AvgIpc) is 2.80. The molecule has 2 rings (SSSR count). The van der Waals surface area contributed by atoms with E-state index in [2.05, 4.69) is 15.5 Å². The molecule has 0 atom stereocenters. The third-order valence-electron chi connectivity index (χ3n) is 3.01. The molecule has 2 aromatic rings. The molecule has 0 unspecified atom stereocenters. The van der Waals surface area contributed by atoms with Crippen LogP contribution >= 0.6 is 0 Å². The first kappa shape index (κ1) is 15.7. The van der Waals surface area contributed by atoms with Crippen LogP contribution in [0.4, 0.5) is 0 Å². The van der Waals surface area contributed by atoms with Gasteiger partial charge in [-0.25, -0.2) is 0 Å². The van der Waals surface area contributed by atoms with E-state index in [4.69, 9.17) is 4.74 Å². The van der Waals surface area contributed by atoms with E-state index in [1.54, 1.807) is 4.80 Å². The number of rotatable bonds is 6. The van der Waals surface area contributed by atoms with E-state index in [1.165, 1.54) is 0 Å². The molecule has 0 aliphatic rings. The van der Waals surface area contributed by atoms with E-state index >= 15 is 0 Å². The molecule has 5 nitrogen and oxygen atoms in total. The van der Waals surface area contributed by atoms with Crippen molar-refractivity contribution in [2.45, 2.75) is 39.7 Å². The number of hydrogen-bond acceptors (Lipinski definition) is 4. The number of aromatic nitrogens is 3. The Morgan fingerprint density at radius 3 is 2.52 bits per heavy atom. The molecule has 1 aromatic carbocycles. The number of nitrogens with zero attached hydrogens (tertiary/aromatic N) is 3. The van der Waals surface area contributed by atoms with Crippen LogP contribution in [0.5, 0.6) is 0 Å². The molecule has 5 heteroatoms. The second-order valence-corrected chi connectivity index (χ2v) is 6.01. The largest absolute Gasteiger partial charge is 0.361 e. The number of benzene rings is 1. The summed E-state index contributed by atoms with van der Waals surface area (Å²) in [5, 5.41) is 12.3. The van der Waals surface area contributed by atoms with Gasteiger partial charge in [0, 0.05) is 13.0 Å². The van der Waals surface area contributed by atoms with Gasteiger partial charge in [0.15, 0.2) is 0 Å². The summed E-state index contributed by atoms with van der Waals surface area (Å²) in [5.41, 5.74) is 2.86. The number of para-hydroxylation sites is 1. The minimum absolute atomic E-state index is 0.112. The van der Waals surface area contributed by atoms with Crippen molar-refractivity contribution in [3.05, 3.63) is 41.7 Å². The lowest BCUT2D eigenvalue weighted by Crippen LogP contribution is -2.28. The molecule has 0 amide bonds. The van der Waals surface area contributed by atoms with E-state index in [-0.39, 0.29) is 5.60 Å². The highest BCUT2D eigenvalue weighted by molar-refractivity contribution is 5.29. The van der Waals surface area contributed by atoms with Crippen LogP contribution in [0, 0.1) is 6.92 Å². The third-order valence-corrected chi connectivity index (χ3v) is 3.01. The van der Waals surface area contributed by atoms with Gasteiger partial charge >= 0.3 is 0 Å². The van der Waals surface area contributed by atoms with Gasteiger partial charge < -0.3 is 4.74 Å². The monoisotopic (exact) mass is 288 g/mol. The van der Waals surface area contributed by atoms with E-state index in [0.29, 0.717) is 6.73 Å². The second kappa shape index (κ2) is 6.83. The first-order valence-electron chi connectivity index (χ1n) is 7.28. The van der Waals surface area contributed by atoms with Crippen LogP contribution < -0.4 is 5.32 Å². The number of nitrogens with one attached hydrogen (secondary N) is 1. The van der Waals surface area contributed by atoms with Crippen LogP contribution in [0.3, 0.4) is 0 Å². The summed E-state index contributed by atoms with van der Waals surface area (Å²) in [6.45, 7) is 9.51. The highest BCUT2D eigenvalue weighted by atomic mass is 16.5. The third kappa shape index (κ3) is 4.95. The zero-order valence-corrected chi connectivity index (χ0v) is 13.3. The molecule has 0 saturated carbocycles. The van der Waals surface area contributed by atoms with Crippen LogP contribution in [0.25, 0.3) is 5.69 Å². The van der Waals surface area contributed by atoms with Crippen LogP contribution in [0.15, 0.2) is 30.3 Å². The molecule has 21 heavy (non-hydrogen) atoms. The summed E-state index contributed by atoms with van der Waals surface area (Å²) in [6.07, 6.45) is 0.839. The average molecular weight is 288 g/mol. The molecule has 0 aliphatic heterocycles. The molecule has 1 heterocycles. The zero-order valence-electron chi connectivity index (χ0n) is 13.3. The standard InChI is InChI=1S/C16H24N4O/c1-13-15(10-11-17-12-21-16(2,3)4)19-20(18-13)14-8-6-5-7-9-14/h5-9,17H,10-12H2,1-4H3. The minimum Gasteiger partial charge on any atom is -0.361 e. The molecule has 0 radical (unpaired) electrons. The fraction of sp³-hybridized carbons (Fsp3) is 0.500. The van der Waals surface area contributed by atoms with Crippen molar-refractivity contribution in [2.24, 2.45) is 0 Å². The Morgan fingerprint density at radius 1 is 1.14 bits per heavy atom. The fourth-order valence-corrected chi connectivity index (χ4v) is 1.86.